The Morgan fingerprint density at radius 3 is 2.75 bits per heavy atom. The summed E-state index contributed by atoms with van der Waals surface area (Å²) in [7, 11) is 3.86. The third-order valence-electron chi connectivity index (χ3n) is 1.41. The van der Waals surface area contributed by atoms with Gasteiger partial charge < -0.3 is 9.47 Å². The Bertz CT molecular complexity index is 199. The quantitative estimate of drug-likeness (QED) is 0.482. The second-order valence-electron chi connectivity index (χ2n) is 2.21. The van der Waals surface area contributed by atoms with Crippen LogP contribution in [-0.2, 0) is 15.6 Å². The molecule has 0 aliphatic heterocycles. The van der Waals surface area contributed by atoms with Gasteiger partial charge in [0.2, 0.25) is 0 Å². The van der Waals surface area contributed by atoms with E-state index in [2.05, 4.69) is 5.10 Å². The number of ether oxygens (including phenoxy) is 2. The molecular formula is C7H12N2O2Si. The van der Waals surface area contributed by atoms with Crippen molar-refractivity contribution < 1.29 is 9.47 Å². The van der Waals surface area contributed by atoms with Crippen molar-refractivity contribution in [3.05, 3.63) is 18.5 Å². The van der Waals surface area contributed by atoms with Gasteiger partial charge >= 0.3 is 0 Å². The molecule has 0 unspecified atom stereocenters. The van der Waals surface area contributed by atoms with Gasteiger partial charge in [0.05, 0.1) is 0 Å². The number of aromatic nitrogens is 2. The SMILES string of the molecule is COC(OC)[Si]Cn1cccn1. The molecule has 0 aliphatic rings. The fraction of sp³-hybridized carbons (Fsp3) is 0.571. The Kier molecular flexibility index (Phi) is 3.99. The van der Waals surface area contributed by atoms with Gasteiger partial charge in [0.25, 0.3) is 0 Å². The molecule has 1 heterocycles. The van der Waals surface area contributed by atoms with Crippen molar-refractivity contribution in [2.45, 2.75) is 12.1 Å². The zero-order valence-corrected chi connectivity index (χ0v) is 8.23. The highest BCUT2D eigenvalue weighted by Gasteiger charge is 2.05. The van der Waals surface area contributed by atoms with Crippen molar-refractivity contribution in [2.75, 3.05) is 14.2 Å². The summed E-state index contributed by atoms with van der Waals surface area (Å²) in [6, 6.07) is 1.90. The minimum Gasteiger partial charge on any atom is -0.360 e. The zero-order valence-electron chi connectivity index (χ0n) is 7.23. The lowest BCUT2D eigenvalue weighted by Gasteiger charge is -2.11. The van der Waals surface area contributed by atoms with Crippen molar-refractivity contribution in [1.82, 2.24) is 9.78 Å². The lowest BCUT2D eigenvalue weighted by atomic mass is 10.8. The second-order valence-corrected chi connectivity index (χ2v) is 3.41. The van der Waals surface area contributed by atoms with Gasteiger partial charge in [-0.2, -0.15) is 5.10 Å². The summed E-state index contributed by atoms with van der Waals surface area (Å²) in [4.78, 5) is 0. The molecule has 0 aromatic carbocycles. The predicted molar refractivity (Wildman–Crippen MR) is 45.8 cm³/mol. The maximum Gasteiger partial charge on any atom is 0.144 e. The fourth-order valence-corrected chi connectivity index (χ4v) is 1.68. The minimum absolute atomic E-state index is 0.103. The van der Waals surface area contributed by atoms with Gasteiger partial charge in [-0.3, -0.25) is 4.68 Å². The molecule has 5 heteroatoms. The van der Waals surface area contributed by atoms with Gasteiger partial charge in [0.15, 0.2) is 0 Å². The maximum atomic E-state index is 5.05. The molecule has 0 saturated heterocycles. The van der Waals surface area contributed by atoms with Crippen LogP contribution in [0.3, 0.4) is 0 Å². The van der Waals surface area contributed by atoms with E-state index in [-0.39, 0.29) is 5.91 Å². The summed E-state index contributed by atoms with van der Waals surface area (Å²) >= 11 is 0. The lowest BCUT2D eigenvalue weighted by Crippen LogP contribution is -2.25. The van der Waals surface area contributed by atoms with Crippen molar-refractivity contribution in [2.24, 2.45) is 0 Å². The maximum absolute atomic E-state index is 5.05. The molecule has 0 N–H and O–H groups in total. The molecule has 4 nitrogen and oxygen atoms in total. The molecule has 0 amide bonds. The van der Waals surface area contributed by atoms with Crippen molar-refractivity contribution >= 4 is 9.52 Å². The standard InChI is InChI=1S/C7H12N2O2Si/c1-10-7(11-2)12-6-9-5-3-4-8-9/h3-5,7H,6H2,1-2H3. The van der Waals surface area contributed by atoms with Crippen LogP contribution in [0.1, 0.15) is 0 Å². The molecule has 0 atom stereocenters. The van der Waals surface area contributed by atoms with Crippen LogP contribution in [0.2, 0.25) is 0 Å². The van der Waals surface area contributed by atoms with E-state index in [0.717, 1.165) is 6.17 Å². The molecule has 1 aromatic heterocycles. The van der Waals surface area contributed by atoms with Crippen LogP contribution < -0.4 is 0 Å². The van der Waals surface area contributed by atoms with Crippen molar-refractivity contribution in [3.8, 4) is 0 Å². The van der Waals surface area contributed by atoms with Crippen LogP contribution >= 0.6 is 0 Å². The highest BCUT2D eigenvalue weighted by Crippen LogP contribution is 1.90. The monoisotopic (exact) mass is 184 g/mol. The van der Waals surface area contributed by atoms with Crippen LogP contribution in [0.4, 0.5) is 0 Å². The molecule has 66 valence electrons. The summed E-state index contributed by atoms with van der Waals surface area (Å²) in [6.07, 6.45) is 4.54. The first-order chi connectivity index (χ1) is 5.86. The normalized spacial score (nSPS) is 10.9. The lowest BCUT2D eigenvalue weighted by molar-refractivity contribution is -0.0446. The molecule has 12 heavy (non-hydrogen) atoms. The summed E-state index contributed by atoms with van der Waals surface area (Å²) in [5.74, 6) is -0.103. The Labute approximate surface area is 74.3 Å². The second kappa shape index (κ2) is 5.07. The first-order valence-corrected chi connectivity index (χ1v) is 4.91. The number of hydrogen-bond donors (Lipinski definition) is 0. The first-order valence-electron chi connectivity index (χ1n) is 3.63. The Balaban J connectivity index is 2.25. The fourth-order valence-electron chi connectivity index (χ4n) is 0.825. The van der Waals surface area contributed by atoms with Gasteiger partial charge in [-0.15, -0.1) is 0 Å². The van der Waals surface area contributed by atoms with Crippen molar-refractivity contribution in [3.63, 3.8) is 0 Å². The first kappa shape index (κ1) is 9.44. The topological polar surface area (TPSA) is 36.3 Å². The Hall–Kier alpha value is -0.653. The van der Waals surface area contributed by atoms with E-state index in [9.17, 15) is 0 Å². The molecule has 2 radical (unpaired) electrons. The van der Waals surface area contributed by atoms with E-state index in [1.165, 1.54) is 0 Å². The molecule has 0 aliphatic carbocycles. The van der Waals surface area contributed by atoms with Gasteiger partial charge in [-0.1, -0.05) is 0 Å². The third kappa shape index (κ3) is 2.76. The van der Waals surface area contributed by atoms with E-state index in [1.807, 2.05) is 16.9 Å². The number of hydrogen-bond acceptors (Lipinski definition) is 3. The van der Waals surface area contributed by atoms with Crippen LogP contribution in [0, 0.1) is 0 Å². The van der Waals surface area contributed by atoms with Crippen molar-refractivity contribution in [1.29, 1.82) is 0 Å². The van der Waals surface area contributed by atoms with Gasteiger partial charge in [-0.25, -0.2) is 0 Å². The van der Waals surface area contributed by atoms with E-state index in [1.54, 1.807) is 20.4 Å². The van der Waals surface area contributed by atoms with Crippen LogP contribution in [0.5, 0.6) is 0 Å². The predicted octanol–water partition coefficient (Wildman–Crippen LogP) is 0.121. The van der Waals surface area contributed by atoms with E-state index >= 15 is 0 Å². The molecular weight excluding hydrogens is 172 g/mol. The van der Waals surface area contributed by atoms with E-state index in [0.29, 0.717) is 9.52 Å². The Morgan fingerprint density at radius 1 is 1.50 bits per heavy atom. The summed E-state index contributed by atoms with van der Waals surface area (Å²) in [5.41, 5.74) is 0. The molecule has 0 spiro atoms. The highest BCUT2D eigenvalue weighted by atomic mass is 28.2. The average Bonchev–Trinajstić information content (AvgIpc) is 2.59. The smallest absolute Gasteiger partial charge is 0.144 e. The van der Waals surface area contributed by atoms with Crippen LogP contribution in [0.25, 0.3) is 0 Å². The van der Waals surface area contributed by atoms with E-state index < -0.39 is 0 Å². The van der Waals surface area contributed by atoms with Crippen LogP contribution in [0.15, 0.2) is 18.5 Å². The zero-order chi connectivity index (χ0) is 8.81. The minimum atomic E-state index is -0.103. The summed E-state index contributed by atoms with van der Waals surface area (Å²) in [5, 5.41) is 4.07. The largest absolute Gasteiger partial charge is 0.360 e. The molecule has 0 saturated carbocycles. The average molecular weight is 184 g/mol. The number of methoxy groups -OCH3 is 2. The summed E-state index contributed by atoms with van der Waals surface area (Å²) < 4.78 is 12.0. The summed E-state index contributed by atoms with van der Waals surface area (Å²) in [6.45, 7) is 0. The van der Waals surface area contributed by atoms with E-state index in [4.69, 9.17) is 9.47 Å². The molecule has 1 aromatic rings. The van der Waals surface area contributed by atoms with Crippen LogP contribution in [-0.4, -0.2) is 39.4 Å². The third-order valence-corrected chi connectivity index (χ3v) is 2.72. The Morgan fingerprint density at radius 2 is 2.25 bits per heavy atom. The van der Waals surface area contributed by atoms with Gasteiger partial charge in [-0.05, 0) is 6.07 Å². The number of rotatable bonds is 5. The number of nitrogens with zero attached hydrogens (tertiary/aromatic N) is 2. The van der Waals surface area contributed by atoms with Gasteiger partial charge in [0, 0.05) is 32.8 Å². The highest BCUT2D eigenvalue weighted by molar-refractivity contribution is 6.35. The van der Waals surface area contributed by atoms with Gasteiger partial charge in [0.1, 0.15) is 15.4 Å². The molecule has 0 bridgehead atoms. The molecule has 0 fully saturated rings. The molecule has 1 rings (SSSR count).